The fourth-order valence-corrected chi connectivity index (χ4v) is 6.65. The summed E-state index contributed by atoms with van der Waals surface area (Å²) in [4.78, 5) is 14.9. The van der Waals surface area contributed by atoms with Crippen LogP contribution in [-0.2, 0) is 14.9 Å². The van der Waals surface area contributed by atoms with Crippen LogP contribution in [0.25, 0.3) is 0 Å². The standard InChI is InChI=1S/C28H43N3O4S/c1-5-7-13-29-27(36)30-21-10-11-28(20-8-9-23(33-3)24(16-20)34-4)12-14-31(25(28)17-21)18-19-15-22(19)26(32)35-6-2/h8-9,16,19,21-22,25H,5-7,10-15,17-18H2,1-4H3,(H2,29,30,36)/t19?,21-,22?,25+,28-/m0/s1. The fourth-order valence-electron chi connectivity index (χ4n) is 6.38. The smallest absolute Gasteiger partial charge is 0.309 e. The predicted octanol–water partition coefficient (Wildman–Crippen LogP) is 4.03. The number of likely N-dealkylation sites (tertiary alicyclic amines) is 1. The molecule has 3 fully saturated rings. The summed E-state index contributed by atoms with van der Waals surface area (Å²) in [6.45, 7) is 7.43. The molecule has 1 saturated heterocycles. The topological polar surface area (TPSA) is 72.1 Å². The molecule has 0 bridgehead atoms. The number of benzene rings is 1. The summed E-state index contributed by atoms with van der Waals surface area (Å²) in [7, 11) is 3.38. The molecule has 0 aromatic heterocycles. The number of carbonyl (C=O) groups excluding carboxylic acids is 1. The van der Waals surface area contributed by atoms with Crippen LogP contribution in [0.1, 0.15) is 64.4 Å². The van der Waals surface area contributed by atoms with Crippen molar-refractivity contribution in [3.63, 3.8) is 0 Å². The minimum Gasteiger partial charge on any atom is -0.493 e. The molecule has 2 unspecified atom stereocenters. The number of fused-ring (bicyclic) bond motifs is 1. The molecule has 2 N–H and O–H groups in total. The molecule has 0 radical (unpaired) electrons. The van der Waals surface area contributed by atoms with Crippen molar-refractivity contribution < 1.29 is 19.0 Å². The van der Waals surface area contributed by atoms with Gasteiger partial charge in [-0.15, -0.1) is 0 Å². The molecule has 2 saturated carbocycles. The van der Waals surface area contributed by atoms with Crippen molar-refractivity contribution in [2.45, 2.75) is 76.3 Å². The van der Waals surface area contributed by atoms with E-state index in [0.717, 1.165) is 81.2 Å². The van der Waals surface area contributed by atoms with Crippen LogP contribution < -0.4 is 20.1 Å². The molecule has 200 valence electrons. The lowest BCUT2D eigenvalue weighted by atomic mass is 9.65. The van der Waals surface area contributed by atoms with Gasteiger partial charge in [0.05, 0.1) is 26.7 Å². The molecule has 1 aliphatic heterocycles. The number of methoxy groups -OCH3 is 2. The zero-order chi connectivity index (χ0) is 25.7. The van der Waals surface area contributed by atoms with Gasteiger partial charge in [0.2, 0.25) is 0 Å². The first kappa shape index (κ1) is 27.0. The van der Waals surface area contributed by atoms with Gasteiger partial charge in [-0.3, -0.25) is 9.69 Å². The van der Waals surface area contributed by atoms with E-state index in [4.69, 9.17) is 26.4 Å². The second-order valence-electron chi connectivity index (χ2n) is 10.6. The molecular weight excluding hydrogens is 474 g/mol. The first-order valence-electron chi connectivity index (χ1n) is 13.6. The van der Waals surface area contributed by atoms with Gasteiger partial charge < -0.3 is 24.8 Å². The van der Waals surface area contributed by atoms with Gasteiger partial charge in [-0.05, 0) is 87.8 Å². The minimum atomic E-state index is -0.0282. The van der Waals surface area contributed by atoms with E-state index in [1.165, 1.54) is 5.56 Å². The first-order valence-corrected chi connectivity index (χ1v) is 14.0. The van der Waals surface area contributed by atoms with Crippen LogP contribution in [0.2, 0.25) is 0 Å². The van der Waals surface area contributed by atoms with Crippen molar-refractivity contribution in [3.8, 4) is 11.5 Å². The molecule has 36 heavy (non-hydrogen) atoms. The summed E-state index contributed by atoms with van der Waals surface area (Å²) >= 11 is 5.61. The number of hydrogen-bond donors (Lipinski definition) is 2. The van der Waals surface area contributed by atoms with Crippen molar-refractivity contribution in [3.05, 3.63) is 23.8 Å². The molecular formula is C28H43N3O4S. The van der Waals surface area contributed by atoms with Gasteiger partial charge in [0.25, 0.3) is 0 Å². The number of nitrogens with zero attached hydrogens (tertiary/aromatic N) is 1. The van der Waals surface area contributed by atoms with Gasteiger partial charge in [-0.25, -0.2) is 0 Å². The minimum absolute atomic E-state index is 0.0282. The van der Waals surface area contributed by atoms with Gasteiger partial charge in [0.15, 0.2) is 16.6 Å². The number of hydrogen-bond acceptors (Lipinski definition) is 6. The molecule has 1 aromatic carbocycles. The van der Waals surface area contributed by atoms with Gasteiger partial charge >= 0.3 is 5.97 Å². The lowest BCUT2D eigenvalue weighted by molar-refractivity contribution is -0.145. The summed E-state index contributed by atoms with van der Waals surface area (Å²) in [5.74, 6) is 1.98. The Balaban J connectivity index is 1.52. The highest BCUT2D eigenvalue weighted by molar-refractivity contribution is 7.80. The van der Waals surface area contributed by atoms with E-state index >= 15 is 0 Å². The number of esters is 1. The van der Waals surface area contributed by atoms with E-state index in [1.54, 1.807) is 14.2 Å². The van der Waals surface area contributed by atoms with Gasteiger partial charge in [0.1, 0.15) is 0 Å². The third-order valence-corrected chi connectivity index (χ3v) is 8.72. The van der Waals surface area contributed by atoms with Crippen molar-refractivity contribution >= 4 is 23.3 Å². The molecule has 7 nitrogen and oxygen atoms in total. The maximum Gasteiger partial charge on any atom is 0.309 e. The van der Waals surface area contributed by atoms with E-state index in [0.29, 0.717) is 24.6 Å². The average Bonchev–Trinajstić information content (AvgIpc) is 3.57. The molecule has 2 aliphatic carbocycles. The van der Waals surface area contributed by atoms with Crippen molar-refractivity contribution in [1.82, 2.24) is 15.5 Å². The lowest BCUT2D eigenvalue weighted by Crippen LogP contribution is -2.54. The van der Waals surface area contributed by atoms with Crippen LogP contribution in [-0.4, -0.2) is 68.5 Å². The van der Waals surface area contributed by atoms with Crippen molar-refractivity contribution in [2.24, 2.45) is 11.8 Å². The summed E-state index contributed by atoms with van der Waals surface area (Å²) in [5, 5.41) is 7.74. The Bertz CT molecular complexity index is 928. The second kappa shape index (κ2) is 12.0. The van der Waals surface area contributed by atoms with E-state index in [9.17, 15) is 4.79 Å². The maximum atomic E-state index is 12.3. The molecule has 1 heterocycles. The molecule has 0 amide bonds. The highest BCUT2D eigenvalue weighted by Crippen LogP contribution is 2.52. The van der Waals surface area contributed by atoms with Crippen LogP contribution in [0.3, 0.4) is 0 Å². The first-order chi connectivity index (χ1) is 17.4. The largest absolute Gasteiger partial charge is 0.493 e. The molecule has 1 aromatic rings. The summed E-state index contributed by atoms with van der Waals surface area (Å²) < 4.78 is 16.5. The zero-order valence-electron chi connectivity index (χ0n) is 22.3. The molecule has 5 atom stereocenters. The molecule has 3 aliphatic rings. The number of ether oxygens (including phenoxy) is 3. The van der Waals surface area contributed by atoms with E-state index < -0.39 is 0 Å². The predicted molar refractivity (Wildman–Crippen MR) is 146 cm³/mol. The summed E-state index contributed by atoms with van der Waals surface area (Å²) in [6.07, 6.45) is 7.51. The lowest BCUT2D eigenvalue weighted by Gasteiger charge is -2.46. The van der Waals surface area contributed by atoms with Gasteiger partial charge in [0, 0.05) is 30.6 Å². The normalized spacial score (nSPS) is 29.2. The third-order valence-electron chi connectivity index (χ3n) is 8.46. The van der Waals surface area contributed by atoms with Crippen LogP contribution >= 0.6 is 12.2 Å². The number of nitrogens with one attached hydrogen (secondary N) is 2. The highest BCUT2D eigenvalue weighted by Gasteiger charge is 2.54. The number of unbranched alkanes of at least 4 members (excludes halogenated alkanes) is 1. The van der Waals surface area contributed by atoms with Crippen LogP contribution in [0.5, 0.6) is 11.5 Å². The van der Waals surface area contributed by atoms with Crippen molar-refractivity contribution in [1.29, 1.82) is 0 Å². The number of thiocarbonyl (C=S) groups is 1. The highest BCUT2D eigenvalue weighted by atomic mass is 32.1. The number of rotatable bonds is 11. The quantitative estimate of drug-likeness (QED) is 0.259. The monoisotopic (exact) mass is 517 g/mol. The van der Waals surface area contributed by atoms with Crippen molar-refractivity contribution in [2.75, 3.05) is 40.5 Å². The van der Waals surface area contributed by atoms with Gasteiger partial charge in [-0.2, -0.15) is 0 Å². The Morgan fingerprint density at radius 3 is 2.69 bits per heavy atom. The Hall–Kier alpha value is -2.06. The Labute approximate surface area is 221 Å². The Morgan fingerprint density at radius 2 is 1.97 bits per heavy atom. The maximum absolute atomic E-state index is 12.3. The zero-order valence-corrected chi connectivity index (χ0v) is 23.1. The van der Waals surface area contributed by atoms with Crippen LogP contribution in [0.15, 0.2) is 18.2 Å². The Morgan fingerprint density at radius 1 is 1.17 bits per heavy atom. The van der Waals surface area contributed by atoms with E-state index in [1.807, 2.05) is 13.0 Å². The van der Waals surface area contributed by atoms with E-state index in [-0.39, 0.29) is 17.3 Å². The average molecular weight is 518 g/mol. The number of carbonyl (C=O) groups is 1. The van der Waals surface area contributed by atoms with Crippen LogP contribution in [0, 0.1) is 11.8 Å². The molecule has 8 heteroatoms. The van der Waals surface area contributed by atoms with Gasteiger partial charge in [-0.1, -0.05) is 19.4 Å². The summed E-state index contributed by atoms with van der Waals surface area (Å²) in [5.41, 5.74) is 1.39. The second-order valence-corrected chi connectivity index (χ2v) is 11.0. The summed E-state index contributed by atoms with van der Waals surface area (Å²) in [6, 6.07) is 7.16. The molecule has 4 rings (SSSR count). The van der Waals surface area contributed by atoms with Crippen LogP contribution in [0.4, 0.5) is 0 Å². The third kappa shape index (κ3) is 5.75. The SMILES string of the molecule is CCCCNC(=S)N[C@H]1CC[C@@]2(c3ccc(OC)c(OC)c3)CCN(CC3CC3C(=O)OCC)[C@@H]2C1. The van der Waals surface area contributed by atoms with E-state index in [2.05, 4.69) is 34.6 Å². The molecule has 0 spiro atoms. The Kier molecular flexibility index (Phi) is 8.99. The fraction of sp³-hybridized carbons (Fsp3) is 0.714.